The summed E-state index contributed by atoms with van der Waals surface area (Å²) in [5.41, 5.74) is 0.861. The van der Waals surface area contributed by atoms with Crippen molar-refractivity contribution in [2.45, 2.75) is 11.4 Å². The van der Waals surface area contributed by atoms with Gasteiger partial charge in [-0.05, 0) is 12.1 Å². The van der Waals surface area contributed by atoms with Crippen molar-refractivity contribution < 1.29 is 8.42 Å². The first-order chi connectivity index (χ1) is 8.50. The second kappa shape index (κ2) is 4.91. The standard InChI is InChI=1S/C12H15N3O2S/c1-14-9-11(8-13-14)10-15(2)18(16,17)12-6-4-3-5-7-12/h3-9H,10H2,1-2H3. The Labute approximate surface area is 107 Å². The van der Waals surface area contributed by atoms with Gasteiger partial charge in [0.05, 0.1) is 11.1 Å². The van der Waals surface area contributed by atoms with E-state index >= 15 is 0 Å². The van der Waals surface area contributed by atoms with Crippen molar-refractivity contribution in [2.75, 3.05) is 7.05 Å². The summed E-state index contributed by atoms with van der Waals surface area (Å²) >= 11 is 0. The summed E-state index contributed by atoms with van der Waals surface area (Å²) in [6.07, 6.45) is 3.47. The van der Waals surface area contributed by atoms with E-state index in [0.29, 0.717) is 11.4 Å². The van der Waals surface area contributed by atoms with Crippen LogP contribution in [0, 0.1) is 0 Å². The Kier molecular flexibility index (Phi) is 3.49. The Morgan fingerprint density at radius 3 is 2.50 bits per heavy atom. The van der Waals surface area contributed by atoms with E-state index in [-0.39, 0.29) is 0 Å². The molecule has 0 amide bonds. The summed E-state index contributed by atoms with van der Waals surface area (Å²) in [6, 6.07) is 8.40. The summed E-state index contributed by atoms with van der Waals surface area (Å²) in [4.78, 5) is 0.302. The zero-order valence-corrected chi connectivity index (χ0v) is 11.1. The van der Waals surface area contributed by atoms with Crippen molar-refractivity contribution >= 4 is 10.0 Å². The third-order valence-electron chi connectivity index (χ3n) is 2.61. The molecule has 0 spiro atoms. The molecule has 1 aromatic carbocycles. The second-order valence-corrected chi connectivity index (χ2v) is 6.14. The molecule has 2 aromatic rings. The van der Waals surface area contributed by atoms with Gasteiger partial charge in [0.15, 0.2) is 0 Å². The molecule has 5 nitrogen and oxygen atoms in total. The van der Waals surface area contributed by atoms with Crippen LogP contribution < -0.4 is 0 Å². The molecule has 18 heavy (non-hydrogen) atoms. The lowest BCUT2D eigenvalue weighted by molar-refractivity contribution is 0.466. The highest BCUT2D eigenvalue weighted by atomic mass is 32.2. The average Bonchev–Trinajstić information content (AvgIpc) is 2.76. The van der Waals surface area contributed by atoms with E-state index in [0.717, 1.165) is 5.56 Å². The van der Waals surface area contributed by atoms with Crippen LogP contribution >= 0.6 is 0 Å². The highest BCUT2D eigenvalue weighted by Crippen LogP contribution is 2.15. The van der Waals surface area contributed by atoms with Crippen molar-refractivity contribution in [3.63, 3.8) is 0 Å². The molecular weight excluding hydrogens is 250 g/mol. The largest absolute Gasteiger partial charge is 0.275 e. The molecule has 0 radical (unpaired) electrons. The van der Waals surface area contributed by atoms with E-state index in [1.165, 1.54) is 4.31 Å². The van der Waals surface area contributed by atoms with Gasteiger partial charge < -0.3 is 0 Å². The highest BCUT2D eigenvalue weighted by Gasteiger charge is 2.20. The lowest BCUT2D eigenvalue weighted by Crippen LogP contribution is -2.26. The van der Waals surface area contributed by atoms with Gasteiger partial charge in [0.25, 0.3) is 0 Å². The normalized spacial score (nSPS) is 11.9. The average molecular weight is 265 g/mol. The summed E-state index contributed by atoms with van der Waals surface area (Å²) in [5.74, 6) is 0. The molecule has 1 heterocycles. The van der Waals surface area contributed by atoms with Crippen LogP contribution in [0.5, 0.6) is 0 Å². The third kappa shape index (κ3) is 2.60. The minimum Gasteiger partial charge on any atom is -0.275 e. The summed E-state index contributed by atoms with van der Waals surface area (Å²) < 4.78 is 27.5. The van der Waals surface area contributed by atoms with E-state index in [2.05, 4.69) is 5.10 Å². The van der Waals surface area contributed by atoms with E-state index in [9.17, 15) is 8.42 Å². The smallest absolute Gasteiger partial charge is 0.243 e. The molecule has 0 aliphatic heterocycles. The van der Waals surface area contributed by atoms with Crippen LogP contribution in [-0.4, -0.2) is 29.6 Å². The zero-order chi connectivity index (χ0) is 13.2. The zero-order valence-electron chi connectivity index (χ0n) is 10.3. The summed E-state index contributed by atoms with van der Waals surface area (Å²) in [6.45, 7) is 0.311. The number of sulfonamides is 1. The molecular formula is C12H15N3O2S. The number of hydrogen-bond acceptors (Lipinski definition) is 3. The fourth-order valence-electron chi connectivity index (χ4n) is 1.67. The molecule has 0 atom stereocenters. The molecule has 0 aliphatic rings. The number of aromatic nitrogens is 2. The second-order valence-electron chi connectivity index (χ2n) is 4.10. The number of benzene rings is 1. The molecule has 96 valence electrons. The van der Waals surface area contributed by atoms with Gasteiger partial charge in [0.1, 0.15) is 0 Å². The Bertz CT molecular complexity index is 620. The number of nitrogens with zero attached hydrogens (tertiary/aromatic N) is 3. The first-order valence-electron chi connectivity index (χ1n) is 5.49. The van der Waals surface area contributed by atoms with Gasteiger partial charge in [-0.2, -0.15) is 9.40 Å². The molecule has 0 unspecified atom stereocenters. The summed E-state index contributed by atoms with van der Waals surface area (Å²) in [5, 5.41) is 4.02. The van der Waals surface area contributed by atoms with Gasteiger partial charge >= 0.3 is 0 Å². The van der Waals surface area contributed by atoms with Gasteiger partial charge in [0, 0.05) is 32.4 Å². The molecule has 1 aromatic heterocycles. The van der Waals surface area contributed by atoms with E-state index in [1.807, 2.05) is 0 Å². The fourth-order valence-corrected chi connectivity index (χ4v) is 2.85. The fraction of sp³-hybridized carbons (Fsp3) is 0.250. The molecule has 0 fully saturated rings. The van der Waals surface area contributed by atoms with Gasteiger partial charge in [-0.3, -0.25) is 4.68 Å². The van der Waals surface area contributed by atoms with Gasteiger partial charge in [-0.25, -0.2) is 8.42 Å². The van der Waals surface area contributed by atoms with Crippen LogP contribution in [0.3, 0.4) is 0 Å². The number of hydrogen-bond donors (Lipinski definition) is 0. The molecule has 6 heteroatoms. The Morgan fingerprint density at radius 2 is 1.94 bits per heavy atom. The van der Waals surface area contributed by atoms with Crippen molar-refractivity contribution in [2.24, 2.45) is 7.05 Å². The van der Waals surface area contributed by atoms with Gasteiger partial charge in [0.2, 0.25) is 10.0 Å². The molecule has 2 rings (SSSR count). The van der Waals surface area contributed by atoms with Crippen LogP contribution in [0.15, 0.2) is 47.6 Å². The van der Waals surface area contributed by atoms with E-state index in [4.69, 9.17) is 0 Å². The van der Waals surface area contributed by atoms with Crippen molar-refractivity contribution in [1.29, 1.82) is 0 Å². The van der Waals surface area contributed by atoms with Crippen molar-refractivity contribution in [3.8, 4) is 0 Å². The topological polar surface area (TPSA) is 55.2 Å². The lowest BCUT2D eigenvalue weighted by atomic mass is 10.4. The van der Waals surface area contributed by atoms with Crippen LogP contribution in [0.2, 0.25) is 0 Å². The van der Waals surface area contributed by atoms with Crippen molar-refractivity contribution in [1.82, 2.24) is 14.1 Å². The number of aryl methyl sites for hydroxylation is 1. The first-order valence-corrected chi connectivity index (χ1v) is 6.93. The Morgan fingerprint density at radius 1 is 1.28 bits per heavy atom. The molecule has 0 saturated heterocycles. The monoisotopic (exact) mass is 265 g/mol. The SMILES string of the molecule is CN(Cc1cnn(C)c1)S(=O)(=O)c1ccccc1. The predicted octanol–water partition coefficient (Wildman–Crippen LogP) is 1.24. The maximum atomic E-state index is 12.2. The maximum absolute atomic E-state index is 12.2. The van der Waals surface area contributed by atoms with Crippen LogP contribution in [0.25, 0.3) is 0 Å². The molecule has 0 bridgehead atoms. The van der Waals surface area contributed by atoms with E-state index < -0.39 is 10.0 Å². The number of rotatable bonds is 4. The molecule has 0 aliphatic carbocycles. The van der Waals surface area contributed by atoms with Crippen LogP contribution in [0.4, 0.5) is 0 Å². The molecule has 0 saturated carbocycles. The van der Waals surface area contributed by atoms with E-state index in [1.54, 1.807) is 61.5 Å². The quantitative estimate of drug-likeness (QED) is 0.835. The minimum absolute atomic E-state index is 0.302. The minimum atomic E-state index is -3.43. The third-order valence-corrected chi connectivity index (χ3v) is 4.43. The van der Waals surface area contributed by atoms with Gasteiger partial charge in [-0.15, -0.1) is 0 Å². The van der Waals surface area contributed by atoms with Crippen LogP contribution in [0.1, 0.15) is 5.56 Å². The van der Waals surface area contributed by atoms with Crippen molar-refractivity contribution in [3.05, 3.63) is 48.3 Å². The summed E-state index contributed by atoms with van der Waals surface area (Å²) in [7, 11) is -0.0660. The predicted molar refractivity (Wildman–Crippen MR) is 68.3 cm³/mol. The van der Waals surface area contributed by atoms with Crippen LogP contribution in [-0.2, 0) is 23.6 Å². The Hall–Kier alpha value is -1.66. The molecule has 0 N–H and O–H groups in total. The lowest BCUT2D eigenvalue weighted by Gasteiger charge is -2.16. The maximum Gasteiger partial charge on any atom is 0.243 e. The first kappa shape index (κ1) is 12.8. The van der Waals surface area contributed by atoms with Gasteiger partial charge in [-0.1, -0.05) is 18.2 Å². The highest BCUT2D eigenvalue weighted by molar-refractivity contribution is 7.89. The Balaban J connectivity index is 2.21.